The molecule has 1 aliphatic heterocycles. The van der Waals surface area contributed by atoms with E-state index in [4.69, 9.17) is 0 Å². The predicted molar refractivity (Wildman–Crippen MR) is 93.0 cm³/mol. The van der Waals surface area contributed by atoms with Gasteiger partial charge in [0.1, 0.15) is 0 Å². The van der Waals surface area contributed by atoms with Gasteiger partial charge in [0.05, 0.1) is 5.56 Å². The Labute approximate surface area is 150 Å². The van der Waals surface area contributed by atoms with Crippen LogP contribution in [0.3, 0.4) is 0 Å². The van der Waals surface area contributed by atoms with Crippen molar-refractivity contribution in [2.75, 3.05) is 26.2 Å². The van der Waals surface area contributed by atoms with Crippen molar-refractivity contribution in [1.82, 2.24) is 10.2 Å². The topological polar surface area (TPSA) is 15.3 Å². The molecule has 23 heavy (non-hydrogen) atoms. The monoisotopic (exact) mass is 414 g/mol. The van der Waals surface area contributed by atoms with Crippen LogP contribution in [0.5, 0.6) is 0 Å². The molecule has 2 rings (SSSR count). The number of nitrogens with zero attached hydrogens (tertiary/aromatic N) is 1. The summed E-state index contributed by atoms with van der Waals surface area (Å²) in [6.07, 6.45) is -3.46. The zero-order valence-corrected chi connectivity index (χ0v) is 15.7. The van der Waals surface area contributed by atoms with Crippen molar-refractivity contribution in [1.29, 1.82) is 0 Å². The Morgan fingerprint density at radius 1 is 1.22 bits per heavy atom. The molecule has 1 fully saturated rings. The molecule has 0 radical (unpaired) electrons. The molecular weight excluding hydrogens is 393 g/mol. The van der Waals surface area contributed by atoms with E-state index in [1.54, 1.807) is 0 Å². The summed E-state index contributed by atoms with van der Waals surface area (Å²) in [4.78, 5) is 2.29. The lowest BCUT2D eigenvalue weighted by Gasteiger charge is -2.37. The van der Waals surface area contributed by atoms with E-state index in [-0.39, 0.29) is 18.4 Å². The summed E-state index contributed by atoms with van der Waals surface area (Å²) in [6.45, 7) is 7.70. The highest BCUT2D eigenvalue weighted by Crippen LogP contribution is 2.37. The lowest BCUT2D eigenvalue weighted by atomic mass is 9.93. The summed E-state index contributed by atoms with van der Waals surface area (Å²) >= 11 is 3.44. The smallest absolute Gasteiger partial charge is 0.314 e. The minimum Gasteiger partial charge on any atom is -0.314 e. The van der Waals surface area contributed by atoms with Crippen LogP contribution < -0.4 is 5.32 Å². The molecule has 0 aliphatic carbocycles. The van der Waals surface area contributed by atoms with Crippen LogP contribution in [0.1, 0.15) is 37.4 Å². The van der Waals surface area contributed by atoms with Crippen molar-refractivity contribution < 1.29 is 13.2 Å². The highest BCUT2D eigenvalue weighted by atomic mass is 79.9. The summed E-state index contributed by atoms with van der Waals surface area (Å²) < 4.78 is 39.8. The second-order valence-electron chi connectivity index (χ2n) is 6.17. The average Bonchev–Trinajstić information content (AvgIpc) is 2.45. The fourth-order valence-electron chi connectivity index (χ4n) is 2.89. The summed E-state index contributed by atoms with van der Waals surface area (Å²) in [5, 5.41) is 3.29. The third kappa shape index (κ3) is 5.62. The van der Waals surface area contributed by atoms with E-state index in [0.717, 1.165) is 48.7 Å². The molecule has 0 amide bonds. The van der Waals surface area contributed by atoms with Gasteiger partial charge in [-0.25, -0.2) is 0 Å². The van der Waals surface area contributed by atoms with Crippen LogP contribution in [0.15, 0.2) is 22.7 Å². The number of alkyl halides is 3. The maximum absolute atomic E-state index is 13.0. The molecule has 1 atom stereocenters. The van der Waals surface area contributed by atoms with Crippen molar-refractivity contribution >= 4 is 28.3 Å². The van der Waals surface area contributed by atoms with E-state index in [2.05, 4.69) is 40.0 Å². The fraction of sp³-hybridized carbons (Fsp3) is 0.625. The Bertz CT molecular complexity index is 503. The number of piperazine rings is 1. The largest absolute Gasteiger partial charge is 0.416 e. The zero-order chi connectivity index (χ0) is 16.3. The second kappa shape index (κ2) is 8.70. The SMILES string of the molecule is CC(C)C[C@@H](c1cc(C(F)(F)F)ccc1Br)N1CCNCC1.Cl. The Morgan fingerprint density at radius 3 is 2.35 bits per heavy atom. The molecule has 1 N–H and O–H groups in total. The number of halogens is 5. The maximum atomic E-state index is 13.0. The molecule has 1 aromatic carbocycles. The van der Waals surface area contributed by atoms with Crippen LogP contribution in [0.25, 0.3) is 0 Å². The number of benzene rings is 1. The lowest BCUT2D eigenvalue weighted by Crippen LogP contribution is -2.45. The first kappa shape index (κ1) is 20.7. The predicted octanol–water partition coefficient (Wildman–Crippen LogP) is 4.88. The van der Waals surface area contributed by atoms with Crippen LogP contribution in [0.2, 0.25) is 0 Å². The zero-order valence-electron chi connectivity index (χ0n) is 13.3. The third-order valence-electron chi connectivity index (χ3n) is 3.97. The van der Waals surface area contributed by atoms with Gasteiger partial charge in [-0.15, -0.1) is 12.4 Å². The molecule has 0 unspecified atom stereocenters. The van der Waals surface area contributed by atoms with Gasteiger partial charge in [-0.2, -0.15) is 13.2 Å². The van der Waals surface area contributed by atoms with Crippen molar-refractivity contribution in [3.05, 3.63) is 33.8 Å². The average molecular weight is 416 g/mol. The van der Waals surface area contributed by atoms with Gasteiger partial charge in [-0.05, 0) is 36.1 Å². The van der Waals surface area contributed by atoms with Crippen LogP contribution in [0.4, 0.5) is 13.2 Å². The molecule has 2 nitrogen and oxygen atoms in total. The van der Waals surface area contributed by atoms with Gasteiger partial charge in [-0.3, -0.25) is 4.90 Å². The summed E-state index contributed by atoms with van der Waals surface area (Å²) in [5.41, 5.74) is 0.167. The number of nitrogens with one attached hydrogen (secondary N) is 1. The standard InChI is InChI=1S/C16H22BrF3N2.ClH/c1-11(2)9-15(22-7-5-21-6-8-22)13-10-12(16(18,19)20)3-4-14(13)17;/h3-4,10-11,15,21H,5-9H2,1-2H3;1H/t15-;/m0./s1. The molecule has 1 saturated heterocycles. The van der Waals surface area contributed by atoms with Crippen LogP contribution in [0, 0.1) is 5.92 Å². The molecule has 132 valence electrons. The molecule has 0 bridgehead atoms. The van der Waals surface area contributed by atoms with Crippen molar-refractivity contribution in [3.63, 3.8) is 0 Å². The van der Waals surface area contributed by atoms with Gasteiger partial charge < -0.3 is 5.32 Å². The van der Waals surface area contributed by atoms with E-state index < -0.39 is 11.7 Å². The first-order valence-electron chi connectivity index (χ1n) is 7.60. The van der Waals surface area contributed by atoms with E-state index in [1.165, 1.54) is 12.1 Å². The Hall–Kier alpha value is -0.300. The minimum absolute atomic E-state index is 0. The van der Waals surface area contributed by atoms with Crippen molar-refractivity contribution in [3.8, 4) is 0 Å². The van der Waals surface area contributed by atoms with Crippen molar-refractivity contribution in [2.45, 2.75) is 32.5 Å². The minimum atomic E-state index is -4.30. The summed E-state index contributed by atoms with van der Waals surface area (Å²) in [6, 6.07) is 3.98. The Morgan fingerprint density at radius 2 is 1.83 bits per heavy atom. The second-order valence-corrected chi connectivity index (χ2v) is 7.02. The molecular formula is C16H23BrClF3N2. The van der Waals surface area contributed by atoms with Crippen LogP contribution in [-0.2, 0) is 6.18 Å². The summed E-state index contributed by atoms with van der Waals surface area (Å²) in [7, 11) is 0. The van der Waals surface area contributed by atoms with Gasteiger partial charge in [0.2, 0.25) is 0 Å². The Balaban J connectivity index is 0.00000264. The highest BCUT2D eigenvalue weighted by Gasteiger charge is 2.33. The summed E-state index contributed by atoms with van der Waals surface area (Å²) in [5.74, 6) is 0.418. The van der Waals surface area contributed by atoms with E-state index >= 15 is 0 Å². The van der Waals surface area contributed by atoms with Crippen molar-refractivity contribution in [2.24, 2.45) is 5.92 Å². The number of rotatable bonds is 4. The molecule has 0 spiro atoms. The van der Waals surface area contributed by atoms with E-state index in [0.29, 0.717) is 5.92 Å². The molecule has 1 aromatic rings. The van der Waals surface area contributed by atoms with Gasteiger partial charge in [-0.1, -0.05) is 29.8 Å². The molecule has 0 aromatic heterocycles. The maximum Gasteiger partial charge on any atom is 0.416 e. The molecule has 0 saturated carbocycles. The third-order valence-corrected chi connectivity index (χ3v) is 4.69. The van der Waals surface area contributed by atoms with Crippen LogP contribution in [-0.4, -0.2) is 31.1 Å². The Kier molecular flexibility index (Phi) is 7.84. The fourth-order valence-corrected chi connectivity index (χ4v) is 3.40. The quantitative estimate of drug-likeness (QED) is 0.754. The van der Waals surface area contributed by atoms with Gasteiger partial charge >= 0.3 is 6.18 Å². The van der Waals surface area contributed by atoms with Crippen LogP contribution >= 0.6 is 28.3 Å². The number of hydrogen-bond acceptors (Lipinski definition) is 2. The first-order chi connectivity index (χ1) is 10.3. The first-order valence-corrected chi connectivity index (χ1v) is 8.39. The van der Waals surface area contributed by atoms with Gasteiger partial charge in [0.15, 0.2) is 0 Å². The lowest BCUT2D eigenvalue weighted by molar-refractivity contribution is -0.137. The molecule has 1 heterocycles. The van der Waals surface area contributed by atoms with Gasteiger partial charge in [0.25, 0.3) is 0 Å². The molecule has 7 heteroatoms. The normalized spacial score (nSPS) is 17.9. The van der Waals surface area contributed by atoms with E-state index in [9.17, 15) is 13.2 Å². The number of hydrogen-bond donors (Lipinski definition) is 1. The van der Waals surface area contributed by atoms with Gasteiger partial charge in [0, 0.05) is 36.7 Å². The highest BCUT2D eigenvalue weighted by molar-refractivity contribution is 9.10. The van der Waals surface area contributed by atoms with E-state index in [1.807, 2.05) is 0 Å². The molecule has 1 aliphatic rings.